The van der Waals surface area contributed by atoms with E-state index in [4.69, 9.17) is 14.2 Å². The molecule has 3 aliphatic heterocycles. The van der Waals surface area contributed by atoms with Gasteiger partial charge in [-0.15, -0.1) is 0 Å². The van der Waals surface area contributed by atoms with Crippen LogP contribution in [0.15, 0.2) is 97.2 Å². The number of nitrogens with zero attached hydrogens (tertiary/aromatic N) is 1. The first-order chi connectivity index (χ1) is 21.4. The van der Waals surface area contributed by atoms with E-state index in [0.717, 1.165) is 11.1 Å². The molecule has 4 aromatic carbocycles. The molecule has 1 N–H and O–H groups in total. The maximum atomic E-state index is 15.1. The number of fused-ring (bicyclic) bond motifs is 6. The molecule has 4 aromatic rings. The molecule has 0 saturated carbocycles. The number of hydrogen-bond acceptors (Lipinski definition) is 7. The van der Waals surface area contributed by atoms with Gasteiger partial charge in [0.15, 0.2) is 23.1 Å². The summed E-state index contributed by atoms with van der Waals surface area (Å²) in [5, 5.41) is 3.07. The standard InChI is InChI=1S/C36H30N2O6/c1-42-27-15-9-6-12-24(27)33(40)31-30(32(39)22-16-17-28(43-2)29(20-22)44-3)36(25-13-7-8-14-26(25)37-35(36)41)34-23-11-5-4-10-21(23)18-19-38(31)34/h4-20,30-31,34H,1-3H3,(H,37,41)/t30-,31-,34+,36+/m0/s1. The van der Waals surface area contributed by atoms with Gasteiger partial charge in [0, 0.05) is 17.5 Å². The highest BCUT2D eigenvalue weighted by atomic mass is 16.5. The number of nitrogens with one attached hydrogen (secondary N) is 1. The molecule has 0 aliphatic carbocycles. The first-order valence-electron chi connectivity index (χ1n) is 14.3. The molecular formula is C36H30N2O6. The minimum atomic E-state index is -1.44. The summed E-state index contributed by atoms with van der Waals surface area (Å²) in [5.41, 5.74) is 2.29. The van der Waals surface area contributed by atoms with Crippen molar-refractivity contribution in [2.45, 2.75) is 17.5 Å². The molecule has 8 nitrogen and oxygen atoms in total. The molecule has 7 rings (SSSR count). The van der Waals surface area contributed by atoms with Crippen LogP contribution in [-0.4, -0.2) is 49.7 Å². The highest BCUT2D eigenvalue weighted by molar-refractivity contribution is 6.17. The van der Waals surface area contributed by atoms with E-state index < -0.39 is 23.4 Å². The van der Waals surface area contributed by atoms with Gasteiger partial charge in [-0.2, -0.15) is 0 Å². The second kappa shape index (κ2) is 10.4. The third-order valence-electron chi connectivity index (χ3n) is 9.16. The molecule has 1 fully saturated rings. The van der Waals surface area contributed by atoms with Crippen LogP contribution >= 0.6 is 0 Å². The van der Waals surface area contributed by atoms with Gasteiger partial charge < -0.3 is 24.4 Å². The van der Waals surface area contributed by atoms with Crippen molar-refractivity contribution >= 4 is 29.2 Å². The van der Waals surface area contributed by atoms with Crippen molar-refractivity contribution in [3.05, 3.63) is 125 Å². The summed E-state index contributed by atoms with van der Waals surface area (Å²) in [6.45, 7) is 0. The minimum absolute atomic E-state index is 0.305. The van der Waals surface area contributed by atoms with E-state index in [0.29, 0.717) is 39.6 Å². The van der Waals surface area contributed by atoms with Crippen molar-refractivity contribution in [1.29, 1.82) is 0 Å². The van der Waals surface area contributed by atoms with Crippen LogP contribution < -0.4 is 19.5 Å². The molecule has 0 aromatic heterocycles. The molecule has 0 radical (unpaired) electrons. The average Bonchev–Trinajstić information content (AvgIpc) is 3.55. The molecule has 3 aliphatic rings. The van der Waals surface area contributed by atoms with Gasteiger partial charge in [-0.25, -0.2) is 0 Å². The number of hydrogen-bond donors (Lipinski definition) is 1. The Hall–Kier alpha value is -5.37. The molecule has 0 unspecified atom stereocenters. The van der Waals surface area contributed by atoms with Crippen LogP contribution in [-0.2, 0) is 10.2 Å². The van der Waals surface area contributed by atoms with Crippen molar-refractivity contribution in [3.63, 3.8) is 0 Å². The Bertz CT molecular complexity index is 1870. The van der Waals surface area contributed by atoms with E-state index in [9.17, 15) is 9.59 Å². The topological polar surface area (TPSA) is 94.2 Å². The quantitative estimate of drug-likeness (QED) is 0.278. The number of carbonyl (C=O) groups is 3. The number of anilines is 1. The fourth-order valence-corrected chi connectivity index (χ4v) is 7.34. The zero-order valence-corrected chi connectivity index (χ0v) is 24.4. The average molecular weight is 587 g/mol. The summed E-state index contributed by atoms with van der Waals surface area (Å²) >= 11 is 0. The largest absolute Gasteiger partial charge is 0.496 e. The lowest BCUT2D eigenvalue weighted by Gasteiger charge is -2.38. The van der Waals surface area contributed by atoms with Crippen LogP contribution in [0.1, 0.15) is 43.4 Å². The molecule has 44 heavy (non-hydrogen) atoms. The lowest BCUT2D eigenvalue weighted by molar-refractivity contribution is -0.122. The second-order valence-electron chi connectivity index (χ2n) is 11.1. The highest BCUT2D eigenvalue weighted by Crippen LogP contribution is 2.62. The van der Waals surface area contributed by atoms with Crippen LogP contribution in [0.4, 0.5) is 5.69 Å². The molecule has 3 heterocycles. The fraction of sp³-hybridized carbons (Fsp3) is 0.194. The zero-order valence-electron chi connectivity index (χ0n) is 24.4. The Labute approximate surface area is 254 Å². The van der Waals surface area contributed by atoms with E-state index in [-0.39, 0.29) is 17.5 Å². The summed E-state index contributed by atoms with van der Waals surface area (Å²) in [6.07, 6.45) is 3.78. The number of amides is 1. The smallest absolute Gasteiger partial charge is 0.238 e. The van der Waals surface area contributed by atoms with Gasteiger partial charge in [-0.05, 0) is 59.2 Å². The van der Waals surface area contributed by atoms with Crippen LogP contribution in [0, 0.1) is 5.92 Å². The Morgan fingerprint density at radius 2 is 1.48 bits per heavy atom. The van der Waals surface area contributed by atoms with E-state index in [1.54, 1.807) is 42.5 Å². The Kier molecular flexibility index (Phi) is 6.50. The summed E-state index contributed by atoms with van der Waals surface area (Å²) in [5.74, 6) is -0.890. The zero-order chi connectivity index (χ0) is 30.6. The third-order valence-corrected chi connectivity index (χ3v) is 9.16. The Morgan fingerprint density at radius 3 is 2.27 bits per heavy atom. The maximum Gasteiger partial charge on any atom is 0.238 e. The second-order valence-corrected chi connectivity index (χ2v) is 11.1. The number of ketones is 2. The summed E-state index contributed by atoms with van der Waals surface area (Å²) in [4.78, 5) is 46.4. The van der Waals surface area contributed by atoms with Gasteiger partial charge in [0.05, 0.1) is 38.9 Å². The predicted molar refractivity (Wildman–Crippen MR) is 165 cm³/mol. The minimum Gasteiger partial charge on any atom is -0.496 e. The normalized spacial score (nSPS) is 22.6. The van der Waals surface area contributed by atoms with Crippen molar-refractivity contribution in [2.75, 3.05) is 26.6 Å². The molecule has 0 bridgehead atoms. The highest BCUT2D eigenvalue weighted by Gasteiger charge is 2.70. The van der Waals surface area contributed by atoms with E-state index >= 15 is 4.79 Å². The number of methoxy groups -OCH3 is 3. The van der Waals surface area contributed by atoms with Gasteiger partial charge in [-0.3, -0.25) is 14.4 Å². The molecule has 1 amide bonds. The lowest BCUT2D eigenvalue weighted by Crippen LogP contribution is -2.49. The van der Waals surface area contributed by atoms with Crippen molar-refractivity contribution in [3.8, 4) is 17.2 Å². The van der Waals surface area contributed by atoms with Crippen LogP contribution in [0.2, 0.25) is 0 Å². The lowest BCUT2D eigenvalue weighted by atomic mass is 9.62. The van der Waals surface area contributed by atoms with Crippen molar-refractivity contribution in [1.82, 2.24) is 4.90 Å². The predicted octanol–water partition coefficient (Wildman–Crippen LogP) is 5.69. The third kappa shape index (κ3) is 3.73. The van der Waals surface area contributed by atoms with Crippen molar-refractivity contribution < 1.29 is 28.6 Å². The van der Waals surface area contributed by atoms with Gasteiger partial charge >= 0.3 is 0 Å². The molecule has 8 heteroatoms. The molecule has 4 atom stereocenters. The Balaban J connectivity index is 1.53. The molecule has 1 saturated heterocycles. The first-order valence-corrected chi connectivity index (χ1v) is 14.3. The van der Waals surface area contributed by atoms with Crippen LogP contribution in [0.25, 0.3) is 6.08 Å². The first kappa shape index (κ1) is 27.5. The van der Waals surface area contributed by atoms with Gasteiger partial charge in [0.25, 0.3) is 0 Å². The Morgan fingerprint density at radius 1 is 0.773 bits per heavy atom. The van der Waals surface area contributed by atoms with Crippen LogP contribution in [0.5, 0.6) is 17.2 Å². The SMILES string of the molecule is COc1ccc(C(=O)[C@@H]2[C@@H](C(=O)c3ccccc3OC)N3C=Cc4ccccc4[C@@H]3[C@]23C(=O)Nc2ccccc23)cc1OC. The number of para-hydroxylation sites is 2. The number of ether oxygens (including phenoxy) is 3. The number of carbonyl (C=O) groups excluding carboxylic acids is 3. The maximum absolute atomic E-state index is 15.1. The van der Waals surface area contributed by atoms with Gasteiger partial charge in [0.2, 0.25) is 5.91 Å². The monoisotopic (exact) mass is 586 g/mol. The number of benzene rings is 4. The van der Waals surface area contributed by atoms with Gasteiger partial charge in [-0.1, -0.05) is 54.6 Å². The van der Waals surface area contributed by atoms with E-state index in [2.05, 4.69) is 5.32 Å². The molecule has 1 spiro atoms. The van der Waals surface area contributed by atoms with Crippen LogP contribution in [0.3, 0.4) is 0 Å². The van der Waals surface area contributed by atoms with Crippen molar-refractivity contribution in [2.24, 2.45) is 5.92 Å². The molecule has 220 valence electrons. The fourth-order valence-electron chi connectivity index (χ4n) is 7.34. The van der Waals surface area contributed by atoms with E-state index in [1.807, 2.05) is 65.7 Å². The van der Waals surface area contributed by atoms with Gasteiger partial charge in [0.1, 0.15) is 17.2 Å². The number of rotatable bonds is 7. The summed E-state index contributed by atoms with van der Waals surface area (Å²) < 4.78 is 16.6. The molecular weight excluding hydrogens is 556 g/mol. The number of Topliss-reactive ketones (excluding diaryl/α,β-unsaturated/α-hetero) is 2. The summed E-state index contributed by atoms with van der Waals surface area (Å²) in [7, 11) is 4.53. The summed E-state index contributed by atoms with van der Waals surface area (Å²) in [6, 6.07) is 25.5. The van der Waals surface area contributed by atoms with E-state index in [1.165, 1.54) is 21.3 Å².